The number of hydrogen-bond acceptors (Lipinski definition) is 2. The van der Waals surface area contributed by atoms with E-state index in [0.29, 0.717) is 12.0 Å². The van der Waals surface area contributed by atoms with Crippen LogP contribution in [0.4, 0.5) is 5.69 Å². The van der Waals surface area contributed by atoms with Crippen LogP contribution >= 0.6 is 15.9 Å². The van der Waals surface area contributed by atoms with E-state index in [2.05, 4.69) is 54.6 Å². The number of nitrogens with zero attached hydrogens (tertiary/aromatic N) is 2. The summed E-state index contributed by atoms with van der Waals surface area (Å²) in [6, 6.07) is 8.59. The average molecular weight is 295 g/mol. The van der Waals surface area contributed by atoms with Gasteiger partial charge in [0.05, 0.1) is 11.3 Å². The molecule has 0 aliphatic rings. The third-order valence-electron chi connectivity index (χ3n) is 2.60. The maximum Gasteiger partial charge on any atom is 0.103 e. The lowest BCUT2D eigenvalue weighted by molar-refractivity contribution is 0.570. The van der Waals surface area contributed by atoms with Gasteiger partial charge in [0.1, 0.15) is 6.07 Å². The first-order valence-electron chi connectivity index (χ1n) is 5.92. The SMILES string of the molecule is CC(C)CN(c1cccc(Br)c1C#N)C(C)C. The van der Waals surface area contributed by atoms with Crippen molar-refractivity contribution in [2.45, 2.75) is 33.7 Å². The quantitative estimate of drug-likeness (QED) is 0.832. The van der Waals surface area contributed by atoms with Crippen LogP contribution in [-0.4, -0.2) is 12.6 Å². The Labute approximate surface area is 112 Å². The summed E-state index contributed by atoms with van der Waals surface area (Å²) in [5, 5.41) is 9.26. The Hall–Kier alpha value is -1.01. The summed E-state index contributed by atoms with van der Waals surface area (Å²) in [4.78, 5) is 2.29. The second-order valence-electron chi connectivity index (χ2n) is 4.89. The molecule has 0 N–H and O–H groups in total. The predicted molar refractivity (Wildman–Crippen MR) is 76.2 cm³/mol. The highest BCUT2D eigenvalue weighted by Crippen LogP contribution is 2.28. The van der Waals surface area contributed by atoms with Gasteiger partial charge in [-0.2, -0.15) is 5.26 Å². The van der Waals surface area contributed by atoms with E-state index in [-0.39, 0.29) is 0 Å². The van der Waals surface area contributed by atoms with E-state index in [9.17, 15) is 5.26 Å². The fourth-order valence-corrected chi connectivity index (χ4v) is 2.29. The number of rotatable bonds is 4. The van der Waals surface area contributed by atoms with Gasteiger partial charge in [0.15, 0.2) is 0 Å². The van der Waals surface area contributed by atoms with Crippen LogP contribution < -0.4 is 4.90 Å². The Morgan fingerprint density at radius 2 is 1.94 bits per heavy atom. The molecular weight excluding hydrogens is 276 g/mol. The van der Waals surface area contributed by atoms with Crippen molar-refractivity contribution in [1.82, 2.24) is 0 Å². The van der Waals surface area contributed by atoms with Gasteiger partial charge in [0.25, 0.3) is 0 Å². The van der Waals surface area contributed by atoms with Crippen LogP contribution in [0.1, 0.15) is 33.3 Å². The molecule has 0 aromatic heterocycles. The molecule has 0 heterocycles. The highest BCUT2D eigenvalue weighted by Gasteiger charge is 2.17. The maximum absolute atomic E-state index is 9.26. The summed E-state index contributed by atoms with van der Waals surface area (Å²) in [6.07, 6.45) is 0. The third-order valence-corrected chi connectivity index (χ3v) is 3.26. The monoisotopic (exact) mass is 294 g/mol. The van der Waals surface area contributed by atoms with Gasteiger partial charge in [-0.3, -0.25) is 0 Å². The van der Waals surface area contributed by atoms with Crippen LogP contribution in [0.5, 0.6) is 0 Å². The normalized spacial score (nSPS) is 10.7. The van der Waals surface area contributed by atoms with E-state index in [4.69, 9.17) is 0 Å². The van der Waals surface area contributed by atoms with Crippen LogP contribution in [0.15, 0.2) is 22.7 Å². The van der Waals surface area contributed by atoms with Crippen molar-refractivity contribution in [2.24, 2.45) is 5.92 Å². The molecule has 3 heteroatoms. The summed E-state index contributed by atoms with van der Waals surface area (Å²) in [7, 11) is 0. The van der Waals surface area contributed by atoms with Crippen molar-refractivity contribution in [3.05, 3.63) is 28.2 Å². The fourth-order valence-electron chi connectivity index (χ4n) is 1.84. The minimum Gasteiger partial charge on any atom is -0.368 e. The average Bonchev–Trinajstić information content (AvgIpc) is 2.25. The molecule has 0 saturated carbocycles. The summed E-state index contributed by atoms with van der Waals surface area (Å²) in [5.41, 5.74) is 1.74. The number of hydrogen-bond donors (Lipinski definition) is 0. The summed E-state index contributed by atoms with van der Waals surface area (Å²) in [5.74, 6) is 0.572. The van der Waals surface area contributed by atoms with E-state index in [0.717, 1.165) is 22.3 Å². The topological polar surface area (TPSA) is 27.0 Å². The molecule has 0 spiro atoms. The second kappa shape index (κ2) is 6.07. The van der Waals surface area contributed by atoms with Gasteiger partial charge in [-0.25, -0.2) is 0 Å². The molecule has 1 rings (SSSR count). The predicted octanol–water partition coefficient (Wildman–Crippen LogP) is 4.19. The van der Waals surface area contributed by atoms with Crippen LogP contribution in [0, 0.1) is 17.2 Å². The van der Waals surface area contributed by atoms with Gasteiger partial charge in [-0.05, 0) is 47.8 Å². The first-order chi connectivity index (χ1) is 7.97. The first-order valence-corrected chi connectivity index (χ1v) is 6.72. The molecule has 0 aliphatic heterocycles. The van der Waals surface area contributed by atoms with Gasteiger partial charge in [-0.15, -0.1) is 0 Å². The number of anilines is 1. The fraction of sp³-hybridized carbons (Fsp3) is 0.500. The number of nitriles is 1. The molecule has 0 bridgehead atoms. The van der Waals surface area contributed by atoms with Gasteiger partial charge < -0.3 is 4.90 Å². The van der Waals surface area contributed by atoms with Crippen molar-refractivity contribution in [2.75, 3.05) is 11.4 Å². The lowest BCUT2D eigenvalue weighted by atomic mass is 10.1. The highest BCUT2D eigenvalue weighted by molar-refractivity contribution is 9.10. The van der Waals surface area contributed by atoms with E-state index in [1.165, 1.54) is 0 Å². The van der Waals surface area contributed by atoms with Crippen molar-refractivity contribution >= 4 is 21.6 Å². The lowest BCUT2D eigenvalue weighted by Crippen LogP contribution is -2.34. The van der Waals surface area contributed by atoms with Gasteiger partial charge in [0.2, 0.25) is 0 Å². The zero-order valence-corrected chi connectivity index (χ0v) is 12.5. The second-order valence-corrected chi connectivity index (χ2v) is 5.74. The Morgan fingerprint density at radius 1 is 1.29 bits per heavy atom. The Balaban J connectivity index is 3.19. The van der Waals surface area contributed by atoms with Gasteiger partial charge in [0, 0.05) is 17.1 Å². The standard InChI is InChI=1S/C14H19BrN2/c1-10(2)9-17(11(3)4)14-7-5-6-13(15)12(14)8-16/h5-7,10-11H,9H2,1-4H3. The Kier molecular flexibility index (Phi) is 5.02. The molecule has 0 unspecified atom stereocenters. The molecule has 2 nitrogen and oxygen atoms in total. The molecule has 0 amide bonds. The summed E-state index contributed by atoms with van der Waals surface area (Å²) >= 11 is 3.44. The molecule has 1 aromatic rings. The van der Waals surface area contributed by atoms with Gasteiger partial charge in [-0.1, -0.05) is 19.9 Å². The van der Waals surface area contributed by atoms with Crippen LogP contribution in [0.25, 0.3) is 0 Å². The molecule has 0 radical (unpaired) electrons. The number of halogens is 1. The van der Waals surface area contributed by atoms with Gasteiger partial charge >= 0.3 is 0 Å². The minimum absolute atomic E-state index is 0.388. The van der Waals surface area contributed by atoms with E-state index in [1.807, 2.05) is 18.2 Å². The first kappa shape index (κ1) is 14.1. The van der Waals surface area contributed by atoms with E-state index in [1.54, 1.807) is 0 Å². The Bertz CT molecular complexity index is 419. The smallest absolute Gasteiger partial charge is 0.103 e. The largest absolute Gasteiger partial charge is 0.368 e. The lowest BCUT2D eigenvalue weighted by Gasteiger charge is -2.31. The Morgan fingerprint density at radius 3 is 2.41 bits per heavy atom. The van der Waals surface area contributed by atoms with E-state index < -0.39 is 0 Å². The van der Waals surface area contributed by atoms with E-state index >= 15 is 0 Å². The molecule has 92 valence electrons. The maximum atomic E-state index is 9.26. The van der Waals surface area contributed by atoms with Crippen molar-refractivity contribution in [3.8, 4) is 6.07 Å². The molecule has 0 aliphatic carbocycles. The molecule has 1 aromatic carbocycles. The van der Waals surface area contributed by atoms with Crippen LogP contribution in [-0.2, 0) is 0 Å². The van der Waals surface area contributed by atoms with Crippen molar-refractivity contribution in [3.63, 3.8) is 0 Å². The van der Waals surface area contributed by atoms with Crippen LogP contribution in [0.3, 0.4) is 0 Å². The van der Waals surface area contributed by atoms with Crippen molar-refractivity contribution in [1.29, 1.82) is 5.26 Å². The number of benzene rings is 1. The molecule has 0 fully saturated rings. The highest BCUT2D eigenvalue weighted by atomic mass is 79.9. The summed E-state index contributed by atoms with van der Waals surface area (Å²) < 4.78 is 0.868. The zero-order chi connectivity index (χ0) is 13.0. The zero-order valence-electron chi connectivity index (χ0n) is 10.9. The minimum atomic E-state index is 0.388. The summed E-state index contributed by atoms with van der Waals surface area (Å²) in [6.45, 7) is 9.66. The molecular formula is C14H19BrN2. The molecule has 0 atom stereocenters. The third kappa shape index (κ3) is 3.47. The molecule has 0 saturated heterocycles. The van der Waals surface area contributed by atoms with Crippen LogP contribution in [0.2, 0.25) is 0 Å². The van der Waals surface area contributed by atoms with Crippen molar-refractivity contribution < 1.29 is 0 Å². The molecule has 17 heavy (non-hydrogen) atoms.